The fourth-order valence-corrected chi connectivity index (χ4v) is 1.71. The molecule has 5 heteroatoms. The SMILES string of the molecule is N#CC(Cc1cccnc1)C(=O)Nc1ccc(F)cc1. The van der Waals surface area contributed by atoms with Crippen LogP contribution >= 0.6 is 0 Å². The van der Waals surface area contributed by atoms with Crippen LogP contribution in [0, 0.1) is 23.1 Å². The number of nitriles is 1. The van der Waals surface area contributed by atoms with Crippen molar-refractivity contribution in [2.75, 3.05) is 5.32 Å². The quantitative estimate of drug-likeness (QED) is 0.927. The number of hydrogen-bond acceptors (Lipinski definition) is 3. The molecule has 1 atom stereocenters. The van der Waals surface area contributed by atoms with E-state index in [4.69, 9.17) is 5.26 Å². The maximum Gasteiger partial charge on any atom is 0.242 e. The highest BCUT2D eigenvalue weighted by Crippen LogP contribution is 2.12. The monoisotopic (exact) mass is 269 g/mol. The van der Waals surface area contributed by atoms with Crippen LogP contribution in [0.4, 0.5) is 10.1 Å². The summed E-state index contributed by atoms with van der Waals surface area (Å²) in [6.07, 6.45) is 3.54. The smallest absolute Gasteiger partial charge is 0.242 e. The summed E-state index contributed by atoms with van der Waals surface area (Å²) in [5.74, 6) is -1.61. The van der Waals surface area contributed by atoms with Gasteiger partial charge in [-0.15, -0.1) is 0 Å². The van der Waals surface area contributed by atoms with Gasteiger partial charge in [0.05, 0.1) is 6.07 Å². The average Bonchev–Trinajstić information content (AvgIpc) is 2.48. The average molecular weight is 269 g/mol. The molecule has 1 N–H and O–H groups in total. The third-order valence-corrected chi connectivity index (χ3v) is 2.75. The van der Waals surface area contributed by atoms with E-state index in [-0.39, 0.29) is 12.2 Å². The van der Waals surface area contributed by atoms with E-state index < -0.39 is 11.8 Å². The number of carbonyl (C=O) groups is 1. The Kier molecular flexibility index (Phi) is 4.40. The molecule has 1 heterocycles. The summed E-state index contributed by atoms with van der Waals surface area (Å²) in [6, 6.07) is 10.9. The molecule has 2 aromatic rings. The van der Waals surface area contributed by atoms with Gasteiger partial charge in [-0.25, -0.2) is 4.39 Å². The largest absolute Gasteiger partial charge is 0.325 e. The van der Waals surface area contributed by atoms with E-state index >= 15 is 0 Å². The summed E-state index contributed by atoms with van der Waals surface area (Å²) in [5, 5.41) is 11.7. The van der Waals surface area contributed by atoms with Crippen molar-refractivity contribution < 1.29 is 9.18 Å². The molecule has 0 saturated heterocycles. The lowest BCUT2D eigenvalue weighted by Crippen LogP contribution is -2.23. The van der Waals surface area contributed by atoms with Crippen LogP contribution in [-0.2, 0) is 11.2 Å². The predicted octanol–water partition coefficient (Wildman–Crippen LogP) is 2.54. The highest BCUT2D eigenvalue weighted by molar-refractivity contribution is 5.94. The predicted molar refractivity (Wildman–Crippen MR) is 72.1 cm³/mol. The van der Waals surface area contributed by atoms with E-state index in [1.807, 2.05) is 12.1 Å². The third-order valence-electron chi connectivity index (χ3n) is 2.75. The topological polar surface area (TPSA) is 65.8 Å². The van der Waals surface area contributed by atoms with Crippen molar-refractivity contribution in [3.05, 3.63) is 60.2 Å². The van der Waals surface area contributed by atoms with Crippen molar-refractivity contribution in [2.45, 2.75) is 6.42 Å². The molecular formula is C15H12FN3O. The minimum absolute atomic E-state index is 0.289. The molecule has 1 aromatic heterocycles. The minimum atomic E-state index is -0.816. The zero-order valence-corrected chi connectivity index (χ0v) is 10.6. The molecule has 100 valence electrons. The Labute approximate surface area is 115 Å². The Morgan fingerprint density at radius 3 is 2.70 bits per heavy atom. The zero-order valence-electron chi connectivity index (χ0n) is 10.6. The first-order chi connectivity index (χ1) is 9.69. The molecule has 0 aliphatic carbocycles. The lowest BCUT2D eigenvalue weighted by molar-refractivity contribution is -0.118. The highest BCUT2D eigenvalue weighted by Gasteiger charge is 2.18. The number of anilines is 1. The van der Waals surface area contributed by atoms with Crippen molar-refractivity contribution in [3.8, 4) is 6.07 Å². The summed E-state index contributed by atoms with van der Waals surface area (Å²) in [5.41, 5.74) is 1.27. The molecule has 0 radical (unpaired) electrons. The van der Waals surface area contributed by atoms with Gasteiger partial charge in [-0.1, -0.05) is 6.07 Å². The van der Waals surface area contributed by atoms with Gasteiger partial charge in [0.15, 0.2) is 0 Å². The number of aromatic nitrogens is 1. The lowest BCUT2D eigenvalue weighted by Gasteiger charge is -2.10. The molecule has 1 unspecified atom stereocenters. The van der Waals surface area contributed by atoms with Crippen molar-refractivity contribution in [3.63, 3.8) is 0 Å². The summed E-state index contributed by atoms with van der Waals surface area (Å²) < 4.78 is 12.8. The van der Waals surface area contributed by atoms with E-state index in [1.54, 1.807) is 18.5 Å². The van der Waals surface area contributed by atoms with Gasteiger partial charge in [0.1, 0.15) is 11.7 Å². The van der Waals surface area contributed by atoms with Crippen LogP contribution in [0.3, 0.4) is 0 Å². The van der Waals surface area contributed by atoms with E-state index in [0.29, 0.717) is 5.69 Å². The molecular weight excluding hydrogens is 257 g/mol. The summed E-state index contributed by atoms with van der Waals surface area (Å²) in [4.78, 5) is 15.9. The Morgan fingerprint density at radius 2 is 2.10 bits per heavy atom. The van der Waals surface area contributed by atoms with Crippen LogP contribution in [0.15, 0.2) is 48.8 Å². The number of carbonyl (C=O) groups excluding carboxylic acids is 1. The molecule has 0 bridgehead atoms. The van der Waals surface area contributed by atoms with Gasteiger partial charge in [0.25, 0.3) is 0 Å². The second kappa shape index (κ2) is 6.43. The summed E-state index contributed by atoms with van der Waals surface area (Å²) in [6.45, 7) is 0. The van der Waals surface area contributed by atoms with Crippen LogP contribution in [-0.4, -0.2) is 10.9 Å². The maximum atomic E-state index is 12.8. The Bertz CT molecular complexity index is 620. The highest BCUT2D eigenvalue weighted by atomic mass is 19.1. The van der Waals surface area contributed by atoms with Gasteiger partial charge in [0.2, 0.25) is 5.91 Å². The number of nitrogens with one attached hydrogen (secondary N) is 1. The van der Waals surface area contributed by atoms with Crippen molar-refractivity contribution in [1.82, 2.24) is 4.98 Å². The first-order valence-corrected chi connectivity index (χ1v) is 6.04. The van der Waals surface area contributed by atoms with Crippen LogP contribution < -0.4 is 5.32 Å². The molecule has 20 heavy (non-hydrogen) atoms. The molecule has 0 spiro atoms. The van der Waals surface area contributed by atoms with Crippen molar-refractivity contribution in [2.24, 2.45) is 5.92 Å². The van der Waals surface area contributed by atoms with Gasteiger partial charge in [-0.3, -0.25) is 9.78 Å². The first kappa shape index (κ1) is 13.7. The Morgan fingerprint density at radius 1 is 1.35 bits per heavy atom. The van der Waals surface area contributed by atoms with Crippen molar-refractivity contribution in [1.29, 1.82) is 5.26 Å². The minimum Gasteiger partial charge on any atom is -0.325 e. The standard InChI is InChI=1S/C15H12FN3O/c16-13-3-5-14(6-4-13)19-15(20)12(9-17)8-11-2-1-7-18-10-11/h1-7,10,12H,8H2,(H,19,20). The molecule has 0 aliphatic heterocycles. The van der Waals surface area contributed by atoms with Crippen LogP contribution in [0.1, 0.15) is 5.56 Å². The van der Waals surface area contributed by atoms with Gasteiger partial charge in [-0.2, -0.15) is 5.26 Å². The van der Waals surface area contributed by atoms with E-state index in [0.717, 1.165) is 5.56 Å². The number of benzene rings is 1. The van der Waals surface area contributed by atoms with E-state index in [1.165, 1.54) is 24.3 Å². The lowest BCUT2D eigenvalue weighted by atomic mass is 10.0. The second-order valence-electron chi connectivity index (χ2n) is 4.24. The third kappa shape index (κ3) is 3.62. The Hall–Kier alpha value is -2.74. The molecule has 0 aliphatic rings. The van der Waals surface area contributed by atoms with Gasteiger partial charge < -0.3 is 5.32 Å². The molecule has 0 fully saturated rings. The molecule has 1 aromatic carbocycles. The molecule has 4 nitrogen and oxygen atoms in total. The molecule has 2 rings (SSSR count). The van der Waals surface area contributed by atoms with Gasteiger partial charge >= 0.3 is 0 Å². The molecule has 0 saturated carbocycles. The maximum absolute atomic E-state index is 12.8. The van der Waals surface area contributed by atoms with Crippen molar-refractivity contribution >= 4 is 11.6 Å². The first-order valence-electron chi connectivity index (χ1n) is 6.04. The number of halogens is 1. The van der Waals surface area contributed by atoms with E-state index in [9.17, 15) is 9.18 Å². The number of amides is 1. The normalized spacial score (nSPS) is 11.4. The second-order valence-corrected chi connectivity index (χ2v) is 4.24. The van der Waals surface area contributed by atoms with Crippen LogP contribution in [0.2, 0.25) is 0 Å². The fraction of sp³-hybridized carbons (Fsp3) is 0.133. The van der Waals surface area contributed by atoms with E-state index in [2.05, 4.69) is 10.3 Å². The summed E-state index contributed by atoms with van der Waals surface area (Å²) >= 11 is 0. The number of rotatable bonds is 4. The summed E-state index contributed by atoms with van der Waals surface area (Å²) in [7, 11) is 0. The van der Waals surface area contributed by atoms with Crippen LogP contribution in [0.25, 0.3) is 0 Å². The van der Waals surface area contributed by atoms with Gasteiger partial charge in [-0.05, 0) is 42.3 Å². The fourth-order valence-electron chi connectivity index (χ4n) is 1.71. The number of hydrogen-bond donors (Lipinski definition) is 1. The number of nitrogens with zero attached hydrogens (tertiary/aromatic N) is 2. The zero-order chi connectivity index (χ0) is 14.4. The van der Waals surface area contributed by atoms with Gasteiger partial charge in [0, 0.05) is 18.1 Å². The van der Waals surface area contributed by atoms with Crippen LogP contribution in [0.5, 0.6) is 0 Å². The molecule has 1 amide bonds. The number of pyridine rings is 1. The Balaban J connectivity index is 2.03.